The van der Waals surface area contributed by atoms with E-state index >= 15 is 0 Å². The van der Waals surface area contributed by atoms with Gasteiger partial charge in [0.15, 0.2) is 11.6 Å². The second kappa shape index (κ2) is 7.05. The zero-order valence-corrected chi connectivity index (χ0v) is 14.2. The number of nitrogens with one attached hydrogen (secondary N) is 1. The molecule has 0 aliphatic heterocycles. The highest BCUT2D eigenvalue weighted by molar-refractivity contribution is 5.84. The molecule has 5 heteroatoms. The molecular weight excluding hydrogens is 322 g/mol. The van der Waals surface area contributed by atoms with E-state index in [9.17, 15) is 13.6 Å². The fourth-order valence-corrected chi connectivity index (χ4v) is 2.97. The first kappa shape index (κ1) is 17.1. The summed E-state index contributed by atoms with van der Waals surface area (Å²) in [6.45, 7) is 1.80. The minimum atomic E-state index is -0.899. The van der Waals surface area contributed by atoms with Crippen LogP contribution in [0.2, 0.25) is 0 Å². The molecule has 1 aromatic heterocycles. The summed E-state index contributed by atoms with van der Waals surface area (Å²) < 4.78 is 26.5. The first-order valence-corrected chi connectivity index (χ1v) is 8.23. The molecule has 1 heterocycles. The molecule has 3 aromatic rings. The zero-order chi connectivity index (χ0) is 18.0. The molecule has 0 saturated heterocycles. The number of aryl methyl sites for hydroxylation is 1. The first-order chi connectivity index (χ1) is 12.0. The highest BCUT2D eigenvalue weighted by Crippen LogP contribution is 2.23. The van der Waals surface area contributed by atoms with Gasteiger partial charge in [0.2, 0.25) is 5.91 Å². The SMILES string of the molecule is CC(c1ccc(F)c(F)c1)N(C)C(=O)CCc1c[nH]c2ccccc12. The third kappa shape index (κ3) is 3.55. The van der Waals surface area contributed by atoms with Gasteiger partial charge in [0.05, 0.1) is 6.04 Å². The predicted octanol–water partition coefficient (Wildman–Crippen LogP) is 4.60. The molecule has 1 N–H and O–H groups in total. The molecule has 0 fully saturated rings. The smallest absolute Gasteiger partial charge is 0.223 e. The summed E-state index contributed by atoms with van der Waals surface area (Å²) in [6, 6.07) is 11.4. The number of nitrogens with zero attached hydrogens (tertiary/aromatic N) is 1. The topological polar surface area (TPSA) is 36.1 Å². The standard InChI is InChI=1S/C20H20F2N2O/c1-13(14-7-9-17(21)18(22)11-14)24(2)20(25)10-8-15-12-23-19-6-4-3-5-16(15)19/h3-7,9,11-13,23H,8,10H2,1-2H3. The van der Waals surface area contributed by atoms with Crippen LogP contribution in [-0.2, 0) is 11.2 Å². The third-order valence-corrected chi connectivity index (χ3v) is 4.68. The van der Waals surface area contributed by atoms with Crippen molar-refractivity contribution in [1.82, 2.24) is 9.88 Å². The molecule has 0 aliphatic rings. The maximum atomic E-state index is 13.4. The molecular formula is C20H20F2N2O. The minimum Gasteiger partial charge on any atom is -0.361 e. The molecule has 1 amide bonds. The van der Waals surface area contributed by atoms with Crippen molar-refractivity contribution in [2.75, 3.05) is 7.05 Å². The van der Waals surface area contributed by atoms with Crippen LogP contribution in [0.4, 0.5) is 8.78 Å². The van der Waals surface area contributed by atoms with Crippen molar-refractivity contribution >= 4 is 16.8 Å². The fraction of sp³-hybridized carbons (Fsp3) is 0.250. The van der Waals surface area contributed by atoms with Gasteiger partial charge >= 0.3 is 0 Å². The van der Waals surface area contributed by atoms with Crippen molar-refractivity contribution in [3.8, 4) is 0 Å². The van der Waals surface area contributed by atoms with E-state index in [0.29, 0.717) is 18.4 Å². The van der Waals surface area contributed by atoms with E-state index in [4.69, 9.17) is 0 Å². The Bertz CT molecular complexity index is 904. The molecule has 25 heavy (non-hydrogen) atoms. The van der Waals surface area contributed by atoms with E-state index < -0.39 is 11.6 Å². The summed E-state index contributed by atoms with van der Waals surface area (Å²) >= 11 is 0. The summed E-state index contributed by atoms with van der Waals surface area (Å²) in [5.41, 5.74) is 2.72. The molecule has 0 saturated carbocycles. The lowest BCUT2D eigenvalue weighted by molar-refractivity contribution is -0.131. The van der Waals surface area contributed by atoms with Crippen molar-refractivity contribution in [1.29, 1.82) is 0 Å². The molecule has 3 rings (SSSR count). The molecule has 0 bridgehead atoms. The highest BCUT2D eigenvalue weighted by Gasteiger charge is 2.19. The van der Waals surface area contributed by atoms with E-state index in [1.54, 1.807) is 18.9 Å². The number of carbonyl (C=O) groups excluding carboxylic acids is 1. The lowest BCUT2D eigenvalue weighted by atomic mass is 10.0. The van der Waals surface area contributed by atoms with Gasteiger partial charge in [-0.25, -0.2) is 8.78 Å². The van der Waals surface area contributed by atoms with E-state index in [-0.39, 0.29) is 11.9 Å². The second-order valence-electron chi connectivity index (χ2n) is 6.21. The fourth-order valence-electron chi connectivity index (χ4n) is 2.97. The predicted molar refractivity (Wildman–Crippen MR) is 94.2 cm³/mol. The van der Waals surface area contributed by atoms with Crippen molar-refractivity contribution in [2.24, 2.45) is 0 Å². The van der Waals surface area contributed by atoms with Crippen molar-refractivity contribution < 1.29 is 13.6 Å². The Hall–Kier alpha value is -2.69. The van der Waals surface area contributed by atoms with Gasteiger partial charge in [0.1, 0.15) is 0 Å². The van der Waals surface area contributed by atoms with Gasteiger partial charge < -0.3 is 9.88 Å². The van der Waals surface area contributed by atoms with Crippen LogP contribution in [-0.4, -0.2) is 22.8 Å². The summed E-state index contributed by atoms with van der Waals surface area (Å²) in [5, 5.41) is 1.12. The Morgan fingerprint density at radius 3 is 2.68 bits per heavy atom. The molecule has 2 aromatic carbocycles. The Morgan fingerprint density at radius 1 is 1.16 bits per heavy atom. The number of rotatable bonds is 5. The maximum absolute atomic E-state index is 13.4. The number of carbonyl (C=O) groups is 1. The average molecular weight is 342 g/mol. The molecule has 0 radical (unpaired) electrons. The largest absolute Gasteiger partial charge is 0.361 e. The van der Waals surface area contributed by atoms with E-state index in [1.807, 2.05) is 30.5 Å². The van der Waals surface area contributed by atoms with Crippen LogP contribution < -0.4 is 0 Å². The van der Waals surface area contributed by atoms with E-state index in [2.05, 4.69) is 4.98 Å². The lowest BCUT2D eigenvalue weighted by Gasteiger charge is -2.25. The van der Waals surface area contributed by atoms with Crippen LogP contribution in [0.1, 0.15) is 30.5 Å². The highest BCUT2D eigenvalue weighted by atomic mass is 19.2. The number of hydrogen-bond acceptors (Lipinski definition) is 1. The Labute approximate surface area is 145 Å². The quantitative estimate of drug-likeness (QED) is 0.723. The van der Waals surface area contributed by atoms with Crippen LogP contribution in [0, 0.1) is 11.6 Å². The summed E-state index contributed by atoms with van der Waals surface area (Å²) in [5.74, 6) is -1.82. The Morgan fingerprint density at radius 2 is 1.92 bits per heavy atom. The Kier molecular flexibility index (Phi) is 4.83. The normalized spacial score (nSPS) is 12.3. The molecule has 1 unspecified atom stereocenters. The van der Waals surface area contributed by atoms with Gasteiger partial charge in [0, 0.05) is 30.6 Å². The van der Waals surface area contributed by atoms with Crippen molar-refractivity contribution in [3.63, 3.8) is 0 Å². The number of halogens is 2. The zero-order valence-electron chi connectivity index (χ0n) is 14.2. The minimum absolute atomic E-state index is 0.0393. The van der Waals surface area contributed by atoms with Gasteiger partial charge in [-0.2, -0.15) is 0 Å². The summed E-state index contributed by atoms with van der Waals surface area (Å²) in [6.07, 6.45) is 2.90. The lowest BCUT2D eigenvalue weighted by Crippen LogP contribution is -2.29. The van der Waals surface area contributed by atoms with Gasteiger partial charge in [0.25, 0.3) is 0 Å². The number of fused-ring (bicyclic) bond motifs is 1. The maximum Gasteiger partial charge on any atom is 0.223 e. The number of H-pyrrole nitrogens is 1. The number of benzene rings is 2. The van der Waals surface area contributed by atoms with Crippen molar-refractivity contribution in [2.45, 2.75) is 25.8 Å². The van der Waals surface area contributed by atoms with Gasteiger partial charge in [-0.3, -0.25) is 4.79 Å². The third-order valence-electron chi connectivity index (χ3n) is 4.68. The number of aromatic amines is 1. The number of aromatic nitrogens is 1. The van der Waals surface area contributed by atoms with E-state index in [0.717, 1.165) is 28.6 Å². The molecule has 0 aliphatic carbocycles. The van der Waals surface area contributed by atoms with Gasteiger partial charge in [-0.1, -0.05) is 24.3 Å². The van der Waals surface area contributed by atoms with Gasteiger partial charge in [-0.05, 0) is 42.7 Å². The first-order valence-electron chi connectivity index (χ1n) is 8.23. The van der Waals surface area contributed by atoms with Crippen LogP contribution in [0.15, 0.2) is 48.7 Å². The van der Waals surface area contributed by atoms with Crippen molar-refractivity contribution in [3.05, 3.63) is 71.4 Å². The molecule has 130 valence electrons. The van der Waals surface area contributed by atoms with Crippen LogP contribution in [0.3, 0.4) is 0 Å². The van der Waals surface area contributed by atoms with Gasteiger partial charge in [-0.15, -0.1) is 0 Å². The molecule has 3 nitrogen and oxygen atoms in total. The van der Waals surface area contributed by atoms with Crippen LogP contribution in [0.5, 0.6) is 0 Å². The monoisotopic (exact) mass is 342 g/mol. The average Bonchev–Trinajstić information content (AvgIpc) is 3.04. The number of hydrogen-bond donors (Lipinski definition) is 1. The Balaban J connectivity index is 1.66. The van der Waals surface area contributed by atoms with Crippen LogP contribution in [0.25, 0.3) is 10.9 Å². The molecule has 0 spiro atoms. The summed E-state index contributed by atoms with van der Waals surface area (Å²) in [7, 11) is 1.68. The number of amides is 1. The summed E-state index contributed by atoms with van der Waals surface area (Å²) in [4.78, 5) is 17.3. The number of para-hydroxylation sites is 1. The van der Waals surface area contributed by atoms with Crippen LogP contribution >= 0.6 is 0 Å². The molecule has 1 atom stereocenters. The second-order valence-corrected chi connectivity index (χ2v) is 6.21. The van der Waals surface area contributed by atoms with E-state index in [1.165, 1.54) is 6.07 Å².